The second-order valence-electron chi connectivity index (χ2n) is 5.07. The first-order chi connectivity index (χ1) is 8.94. The van der Waals surface area contributed by atoms with Gasteiger partial charge < -0.3 is 11.1 Å². The van der Waals surface area contributed by atoms with Crippen molar-refractivity contribution in [3.05, 3.63) is 0 Å². The summed E-state index contributed by atoms with van der Waals surface area (Å²) >= 11 is 0. The predicted octanol–water partition coefficient (Wildman–Crippen LogP) is -0.649. The zero-order valence-electron chi connectivity index (χ0n) is 11.6. The van der Waals surface area contributed by atoms with Gasteiger partial charge in [0.15, 0.2) is 9.84 Å². The van der Waals surface area contributed by atoms with Gasteiger partial charge in [-0.1, -0.05) is 6.92 Å². The third-order valence-corrected chi connectivity index (χ3v) is 5.22. The molecule has 0 radical (unpaired) electrons. The van der Waals surface area contributed by atoms with E-state index >= 15 is 0 Å². The molecular formula is C12H25N3O3S. The van der Waals surface area contributed by atoms with Crippen molar-refractivity contribution in [3.8, 4) is 0 Å². The Morgan fingerprint density at radius 1 is 1.32 bits per heavy atom. The number of hydrogen-bond acceptors (Lipinski definition) is 5. The highest BCUT2D eigenvalue weighted by Crippen LogP contribution is 2.12. The van der Waals surface area contributed by atoms with Crippen LogP contribution in [0.4, 0.5) is 0 Å². The quantitative estimate of drug-likeness (QED) is 0.620. The molecule has 0 atom stereocenters. The molecule has 0 unspecified atom stereocenters. The third kappa shape index (κ3) is 6.35. The smallest absolute Gasteiger partial charge is 0.231 e. The van der Waals surface area contributed by atoms with E-state index in [0.717, 1.165) is 25.9 Å². The number of sulfone groups is 1. The molecule has 3 N–H and O–H groups in total. The molecule has 112 valence electrons. The van der Waals surface area contributed by atoms with Crippen molar-refractivity contribution in [3.63, 3.8) is 0 Å². The molecule has 19 heavy (non-hydrogen) atoms. The van der Waals surface area contributed by atoms with Crippen LogP contribution in [0.25, 0.3) is 0 Å². The number of nitrogens with zero attached hydrogens (tertiary/aromatic N) is 1. The lowest BCUT2D eigenvalue weighted by Gasteiger charge is -2.33. The molecule has 6 nitrogen and oxygen atoms in total. The highest BCUT2D eigenvalue weighted by Gasteiger charge is 2.23. The largest absolute Gasteiger partial charge is 0.369 e. The Morgan fingerprint density at radius 3 is 2.47 bits per heavy atom. The molecule has 7 heteroatoms. The van der Waals surface area contributed by atoms with Gasteiger partial charge >= 0.3 is 0 Å². The molecule has 1 saturated heterocycles. The Morgan fingerprint density at radius 2 is 1.95 bits per heavy atom. The van der Waals surface area contributed by atoms with E-state index in [0.29, 0.717) is 13.0 Å². The Hall–Kier alpha value is -0.660. The lowest BCUT2D eigenvalue weighted by atomic mass is 10.0. The van der Waals surface area contributed by atoms with Crippen LogP contribution in [-0.4, -0.2) is 63.0 Å². The van der Waals surface area contributed by atoms with Crippen LogP contribution in [0.3, 0.4) is 0 Å². The molecule has 0 spiro atoms. The van der Waals surface area contributed by atoms with Crippen LogP contribution in [0.1, 0.15) is 26.2 Å². The lowest BCUT2D eigenvalue weighted by molar-refractivity contribution is -0.119. The maximum absolute atomic E-state index is 11.7. The van der Waals surface area contributed by atoms with Crippen molar-refractivity contribution in [2.24, 2.45) is 5.73 Å². The van der Waals surface area contributed by atoms with Gasteiger partial charge in [0.1, 0.15) is 0 Å². The number of nitrogens with two attached hydrogens (primary N) is 1. The van der Waals surface area contributed by atoms with Crippen LogP contribution >= 0.6 is 0 Å². The SMILES string of the molecule is CCCS(=O)(=O)CCN(CC(N)=O)C1CCNCC1. The van der Waals surface area contributed by atoms with E-state index in [9.17, 15) is 13.2 Å². The van der Waals surface area contributed by atoms with Gasteiger partial charge in [0, 0.05) is 18.3 Å². The minimum atomic E-state index is -3.01. The fourth-order valence-corrected chi connectivity index (χ4v) is 3.77. The predicted molar refractivity (Wildman–Crippen MR) is 75.6 cm³/mol. The maximum atomic E-state index is 11.7. The fraction of sp³-hybridized carbons (Fsp3) is 0.917. The molecule has 1 amide bonds. The lowest BCUT2D eigenvalue weighted by Crippen LogP contribution is -2.48. The van der Waals surface area contributed by atoms with Gasteiger partial charge in [-0.3, -0.25) is 9.69 Å². The van der Waals surface area contributed by atoms with E-state index in [2.05, 4.69) is 5.32 Å². The molecule has 1 heterocycles. The Bertz CT molecular complexity index is 378. The zero-order chi connectivity index (χ0) is 14.3. The van der Waals surface area contributed by atoms with Gasteiger partial charge in [0.2, 0.25) is 5.91 Å². The number of piperidine rings is 1. The van der Waals surface area contributed by atoms with E-state index in [1.165, 1.54) is 0 Å². The molecule has 1 aliphatic heterocycles. The molecule has 0 aromatic heterocycles. The Labute approximate surface area is 115 Å². The van der Waals surface area contributed by atoms with Gasteiger partial charge in [-0.05, 0) is 32.4 Å². The van der Waals surface area contributed by atoms with Crippen molar-refractivity contribution in [2.75, 3.05) is 37.7 Å². The van der Waals surface area contributed by atoms with Crippen LogP contribution in [-0.2, 0) is 14.6 Å². The first kappa shape index (κ1) is 16.4. The number of amides is 1. The second kappa shape index (κ2) is 7.81. The standard InChI is InChI=1S/C12H25N3O3S/c1-2-8-19(17,18)9-7-15(10-12(13)16)11-3-5-14-6-4-11/h11,14H,2-10H2,1H3,(H2,13,16). The normalized spacial score (nSPS) is 17.8. The summed E-state index contributed by atoms with van der Waals surface area (Å²) in [6.07, 6.45) is 2.49. The van der Waals surface area contributed by atoms with Crippen LogP contribution < -0.4 is 11.1 Å². The molecule has 0 bridgehead atoms. The molecular weight excluding hydrogens is 266 g/mol. The Balaban J connectivity index is 2.56. The van der Waals surface area contributed by atoms with E-state index < -0.39 is 15.7 Å². The fourth-order valence-electron chi connectivity index (χ4n) is 2.43. The first-order valence-electron chi connectivity index (χ1n) is 6.88. The summed E-state index contributed by atoms with van der Waals surface area (Å²) in [7, 11) is -3.01. The van der Waals surface area contributed by atoms with Crippen LogP contribution in [0, 0.1) is 0 Å². The summed E-state index contributed by atoms with van der Waals surface area (Å²) in [5, 5.41) is 3.25. The molecule has 1 aliphatic rings. The van der Waals surface area contributed by atoms with Gasteiger partial charge in [-0.2, -0.15) is 0 Å². The zero-order valence-corrected chi connectivity index (χ0v) is 12.4. The van der Waals surface area contributed by atoms with E-state index in [1.807, 2.05) is 11.8 Å². The number of primary amides is 1. The summed E-state index contributed by atoms with van der Waals surface area (Å²) < 4.78 is 23.5. The Kier molecular flexibility index (Phi) is 6.74. The molecule has 1 rings (SSSR count). The summed E-state index contributed by atoms with van der Waals surface area (Å²) in [4.78, 5) is 13.0. The number of carbonyl (C=O) groups excluding carboxylic acids is 1. The summed E-state index contributed by atoms with van der Waals surface area (Å²) in [5.41, 5.74) is 5.25. The highest BCUT2D eigenvalue weighted by molar-refractivity contribution is 7.91. The molecule has 0 saturated carbocycles. The summed E-state index contributed by atoms with van der Waals surface area (Å²) in [6, 6.07) is 0.255. The number of rotatable bonds is 8. The molecule has 1 fully saturated rings. The van der Waals surface area contributed by atoms with E-state index in [1.54, 1.807) is 0 Å². The second-order valence-corrected chi connectivity index (χ2v) is 7.37. The minimum Gasteiger partial charge on any atom is -0.369 e. The van der Waals surface area contributed by atoms with Gasteiger partial charge in [0.05, 0.1) is 12.3 Å². The molecule has 0 aromatic carbocycles. The molecule has 0 aliphatic carbocycles. The van der Waals surface area contributed by atoms with Crippen molar-refractivity contribution in [1.82, 2.24) is 10.2 Å². The average Bonchev–Trinajstić information content (AvgIpc) is 2.35. The minimum absolute atomic E-state index is 0.109. The van der Waals surface area contributed by atoms with Crippen LogP contribution in [0.5, 0.6) is 0 Å². The monoisotopic (exact) mass is 291 g/mol. The summed E-state index contributed by atoms with van der Waals surface area (Å²) in [5.74, 6) is -0.0757. The van der Waals surface area contributed by atoms with Gasteiger partial charge in [-0.15, -0.1) is 0 Å². The molecule has 0 aromatic rings. The van der Waals surface area contributed by atoms with Crippen molar-refractivity contribution >= 4 is 15.7 Å². The highest BCUT2D eigenvalue weighted by atomic mass is 32.2. The first-order valence-corrected chi connectivity index (χ1v) is 8.70. The number of nitrogens with one attached hydrogen (secondary N) is 1. The maximum Gasteiger partial charge on any atom is 0.231 e. The van der Waals surface area contributed by atoms with Gasteiger partial charge in [0.25, 0.3) is 0 Å². The third-order valence-electron chi connectivity index (χ3n) is 3.39. The summed E-state index contributed by atoms with van der Waals surface area (Å²) in [6.45, 7) is 4.21. The van der Waals surface area contributed by atoms with E-state index in [-0.39, 0.29) is 24.1 Å². The number of hydrogen-bond donors (Lipinski definition) is 2. The van der Waals surface area contributed by atoms with Crippen LogP contribution in [0.2, 0.25) is 0 Å². The van der Waals surface area contributed by atoms with Crippen molar-refractivity contribution in [1.29, 1.82) is 0 Å². The van der Waals surface area contributed by atoms with Crippen molar-refractivity contribution in [2.45, 2.75) is 32.2 Å². The topological polar surface area (TPSA) is 92.5 Å². The van der Waals surface area contributed by atoms with Gasteiger partial charge in [-0.25, -0.2) is 8.42 Å². The van der Waals surface area contributed by atoms with Crippen molar-refractivity contribution < 1.29 is 13.2 Å². The number of carbonyl (C=O) groups is 1. The van der Waals surface area contributed by atoms with Crippen LogP contribution in [0.15, 0.2) is 0 Å². The average molecular weight is 291 g/mol. The van der Waals surface area contributed by atoms with E-state index in [4.69, 9.17) is 5.73 Å².